The van der Waals surface area contributed by atoms with Crippen molar-refractivity contribution in [2.75, 3.05) is 0 Å². The molecule has 0 aliphatic heterocycles. The van der Waals surface area contributed by atoms with Crippen LogP contribution >= 0.6 is 11.6 Å². The van der Waals surface area contributed by atoms with Crippen LogP contribution in [-0.4, -0.2) is 10.1 Å². The minimum Gasteiger partial charge on any atom is -0.508 e. The van der Waals surface area contributed by atoms with Crippen molar-refractivity contribution in [2.45, 2.75) is 6.42 Å². The monoisotopic (exact) mass is 293 g/mol. The molecule has 102 valence electrons. The Kier molecular flexibility index (Phi) is 2.72. The molecule has 2 aromatic carbocycles. The van der Waals surface area contributed by atoms with Gasteiger partial charge in [0.15, 0.2) is 0 Å². The first-order valence-electron chi connectivity index (χ1n) is 6.79. The molecule has 0 bridgehead atoms. The van der Waals surface area contributed by atoms with Crippen LogP contribution in [0.4, 0.5) is 0 Å². The van der Waals surface area contributed by atoms with E-state index in [9.17, 15) is 5.11 Å². The van der Waals surface area contributed by atoms with E-state index in [4.69, 9.17) is 11.6 Å². The number of benzene rings is 2. The molecule has 1 aliphatic carbocycles. The van der Waals surface area contributed by atoms with Crippen LogP contribution < -0.4 is 0 Å². The summed E-state index contributed by atoms with van der Waals surface area (Å²) in [6.45, 7) is 0. The van der Waals surface area contributed by atoms with Crippen molar-refractivity contribution < 1.29 is 5.11 Å². The van der Waals surface area contributed by atoms with Crippen LogP contribution in [0.1, 0.15) is 16.7 Å². The van der Waals surface area contributed by atoms with Crippen LogP contribution in [0.25, 0.3) is 22.6 Å². The normalized spacial score (nSPS) is 13.3. The van der Waals surface area contributed by atoms with E-state index < -0.39 is 0 Å². The average Bonchev–Trinajstić information content (AvgIpc) is 2.89. The number of hydrogen-bond acceptors (Lipinski definition) is 2. The summed E-state index contributed by atoms with van der Waals surface area (Å²) in [4.78, 5) is 4.48. The summed E-state index contributed by atoms with van der Waals surface area (Å²) in [6.07, 6.45) is 2.89. The molecule has 0 unspecified atom stereocenters. The number of hydrogen-bond donors (Lipinski definition) is 1. The Balaban J connectivity index is 1.85. The van der Waals surface area contributed by atoms with Gasteiger partial charge in [-0.2, -0.15) is 0 Å². The van der Waals surface area contributed by atoms with Crippen LogP contribution in [0, 0.1) is 0 Å². The number of allylic oxidation sites excluding steroid dienone is 1. The van der Waals surface area contributed by atoms with Gasteiger partial charge in [0.05, 0.1) is 5.52 Å². The highest BCUT2D eigenvalue weighted by Gasteiger charge is 2.17. The summed E-state index contributed by atoms with van der Waals surface area (Å²) in [7, 11) is 0. The van der Waals surface area contributed by atoms with Crippen molar-refractivity contribution in [2.24, 2.45) is 0 Å². The third-order valence-corrected chi connectivity index (χ3v) is 4.15. The van der Waals surface area contributed by atoms with Gasteiger partial charge in [-0.3, -0.25) is 0 Å². The van der Waals surface area contributed by atoms with E-state index in [2.05, 4.69) is 17.1 Å². The third kappa shape index (κ3) is 2.08. The van der Waals surface area contributed by atoms with Crippen molar-refractivity contribution in [3.05, 3.63) is 70.4 Å². The zero-order valence-corrected chi connectivity index (χ0v) is 11.9. The largest absolute Gasteiger partial charge is 0.508 e. The molecule has 4 rings (SSSR count). The van der Waals surface area contributed by atoms with Gasteiger partial charge in [-0.05, 0) is 47.4 Å². The first-order valence-corrected chi connectivity index (χ1v) is 7.16. The Morgan fingerprint density at radius 3 is 2.81 bits per heavy atom. The number of phenolic OH excluding ortho intramolecular Hbond substituents is 1. The van der Waals surface area contributed by atoms with E-state index in [1.54, 1.807) is 12.1 Å². The number of aromatic nitrogens is 1. The van der Waals surface area contributed by atoms with Gasteiger partial charge >= 0.3 is 0 Å². The van der Waals surface area contributed by atoms with Crippen molar-refractivity contribution in [3.8, 4) is 5.75 Å². The second-order valence-electron chi connectivity index (χ2n) is 5.25. The molecule has 0 atom stereocenters. The Morgan fingerprint density at radius 1 is 1.05 bits per heavy atom. The second-order valence-corrected chi connectivity index (χ2v) is 5.61. The van der Waals surface area contributed by atoms with Gasteiger partial charge in [0.1, 0.15) is 10.9 Å². The Morgan fingerprint density at radius 2 is 1.90 bits per heavy atom. The quantitative estimate of drug-likeness (QED) is 0.660. The summed E-state index contributed by atoms with van der Waals surface area (Å²) >= 11 is 6.36. The van der Waals surface area contributed by atoms with Crippen molar-refractivity contribution in [1.82, 2.24) is 4.98 Å². The zero-order chi connectivity index (χ0) is 14.4. The number of rotatable bonds is 1. The van der Waals surface area contributed by atoms with Crippen LogP contribution in [0.15, 0.2) is 48.5 Å². The van der Waals surface area contributed by atoms with Crippen LogP contribution in [0.3, 0.4) is 0 Å². The van der Waals surface area contributed by atoms with Gasteiger partial charge < -0.3 is 5.11 Å². The molecule has 1 aromatic heterocycles. The maximum Gasteiger partial charge on any atom is 0.137 e. The highest BCUT2D eigenvalue weighted by Crippen LogP contribution is 2.36. The first-order chi connectivity index (χ1) is 10.2. The standard InChI is InChI=1S/C18H12ClNO/c19-18-16(10-12-3-1-2-4-17(12)20-18)14-7-11-5-6-15(21)9-13(11)8-14/h1-6,8-10,21H,7H2. The topological polar surface area (TPSA) is 33.1 Å². The molecule has 1 heterocycles. The fourth-order valence-electron chi connectivity index (χ4n) is 2.81. The fourth-order valence-corrected chi connectivity index (χ4v) is 3.08. The van der Waals surface area contributed by atoms with E-state index in [1.807, 2.05) is 30.3 Å². The van der Waals surface area contributed by atoms with Gasteiger partial charge in [-0.1, -0.05) is 41.9 Å². The van der Waals surface area contributed by atoms with Gasteiger partial charge in [0.25, 0.3) is 0 Å². The molecule has 0 amide bonds. The highest BCUT2D eigenvalue weighted by atomic mass is 35.5. The predicted molar refractivity (Wildman–Crippen MR) is 86.4 cm³/mol. The fraction of sp³-hybridized carbons (Fsp3) is 0.0556. The molecular weight excluding hydrogens is 282 g/mol. The van der Waals surface area contributed by atoms with Crippen LogP contribution in [-0.2, 0) is 6.42 Å². The summed E-state index contributed by atoms with van der Waals surface area (Å²) in [6, 6.07) is 15.5. The lowest BCUT2D eigenvalue weighted by molar-refractivity contribution is 0.475. The zero-order valence-electron chi connectivity index (χ0n) is 11.2. The highest BCUT2D eigenvalue weighted by molar-refractivity contribution is 6.32. The molecule has 3 heteroatoms. The maximum atomic E-state index is 9.58. The van der Waals surface area contributed by atoms with E-state index in [1.165, 1.54) is 5.56 Å². The predicted octanol–water partition coefficient (Wildman–Crippen LogP) is 4.69. The summed E-state index contributed by atoms with van der Waals surface area (Å²) < 4.78 is 0. The van der Waals surface area contributed by atoms with E-state index in [0.29, 0.717) is 5.15 Å². The molecule has 1 aliphatic rings. The van der Waals surface area contributed by atoms with E-state index in [-0.39, 0.29) is 5.75 Å². The van der Waals surface area contributed by atoms with Crippen molar-refractivity contribution in [3.63, 3.8) is 0 Å². The minimum absolute atomic E-state index is 0.286. The number of fused-ring (bicyclic) bond motifs is 2. The first kappa shape index (κ1) is 12.4. The lowest BCUT2D eigenvalue weighted by Crippen LogP contribution is -1.90. The number of nitrogens with zero attached hydrogens (tertiary/aromatic N) is 1. The summed E-state index contributed by atoms with van der Waals surface area (Å²) in [5, 5.41) is 11.2. The molecule has 21 heavy (non-hydrogen) atoms. The van der Waals surface area contributed by atoms with Crippen molar-refractivity contribution >= 4 is 34.2 Å². The summed E-state index contributed by atoms with van der Waals surface area (Å²) in [5.41, 5.74) is 5.26. The summed E-state index contributed by atoms with van der Waals surface area (Å²) in [5.74, 6) is 0.286. The molecule has 1 N–H and O–H groups in total. The molecule has 2 nitrogen and oxygen atoms in total. The number of aromatic hydroxyl groups is 1. The van der Waals surface area contributed by atoms with E-state index >= 15 is 0 Å². The Hall–Kier alpha value is -2.32. The van der Waals surface area contributed by atoms with Gasteiger partial charge in [-0.15, -0.1) is 0 Å². The van der Waals surface area contributed by atoms with Crippen molar-refractivity contribution in [1.29, 1.82) is 0 Å². The number of phenols is 1. The SMILES string of the molecule is Oc1ccc2c(c1)C=C(c1cc3ccccc3nc1Cl)C2. The molecule has 0 saturated heterocycles. The van der Waals surface area contributed by atoms with E-state index in [0.717, 1.165) is 34.0 Å². The van der Waals surface area contributed by atoms with Gasteiger partial charge in [-0.25, -0.2) is 4.98 Å². The lowest BCUT2D eigenvalue weighted by Gasteiger charge is -2.07. The second kappa shape index (κ2) is 4.61. The number of halogens is 1. The molecule has 0 saturated carbocycles. The lowest BCUT2D eigenvalue weighted by atomic mass is 10.0. The smallest absolute Gasteiger partial charge is 0.137 e. The molecule has 3 aromatic rings. The van der Waals surface area contributed by atoms with Crippen LogP contribution in [0.5, 0.6) is 5.75 Å². The van der Waals surface area contributed by atoms with Gasteiger partial charge in [0.2, 0.25) is 0 Å². The minimum atomic E-state index is 0.286. The molecule has 0 spiro atoms. The van der Waals surface area contributed by atoms with Crippen LogP contribution in [0.2, 0.25) is 5.15 Å². The number of pyridine rings is 1. The average molecular weight is 294 g/mol. The third-order valence-electron chi connectivity index (χ3n) is 3.86. The Labute approximate surface area is 127 Å². The Bertz CT molecular complexity index is 899. The molecule has 0 fully saturated rings. The maximum absolute atomic E-state index is 9.58. The van der Waals surface area contributed by atoms with Gasteiger partial charge in [0, 0.05) is 10.9 Å². The molecular formula is C18H12ClNO. The molecule has 0 radical (unpaired) electrons. The number of para-hydroxylation sites is 1.